The van der Waals surface area contributed by atoms with Gasteiger partial charge in [-0.1, -0.05) is 17.7 Å². The minimum absolute atomic E-state index is 0.0515. The number of hydrogen-bond acceptors (Lipinski definition) is 3. The fourth-order valence-corrected chi connectivity index (χ4v) is 2.72. The van der Waals surface area contributed by atoms with Crippen LogP contribution in [0.3, 0.4) is 0 Å². The molecule has 0 spiro atoms. The van der Waals surface area contributed by atoms with Crippen molar-refractivity contribution < 1.29 is 13.9 Å². The number of thiocarbonyl (C=S) groups is 1. The molecule has 4 nitrogen and oxygen atoms in total. The van der Waals surface area contributed by atoms with E-state index < -0.39 is 5.82 Å². The van der Waals surface area contributed by atoms with E-state index in [9.17, 15) is 4.39 Å². The summed E-state index contributed by atoms with van der Waals surface area (Å²) in [6, 6.07) is 10.3. The van der Waals surface area contributed by atoms with Gasteiger partial charge in [0.1, 0.15) is 5.82 Å². The smallest absolute Gasteiger partial charge is 0.170 e. The summed E-state index contributed by atoms with van der Waals surface area (Å²) in [5.74, 6) is 1.03. The Morgan fingerprint density at radius 3 is 2.50 bits per heavy atom. The lowest BCUT2D eigenvalue weighted by Crippen LogP contribution is -2.30. The van der Waals surface area contributed by atoms with Gasteiger partial charge in [0, 0.05) is 12.2 Å². The van der Waals surface area contributed by atoms with Gasteiger partial charge in [-0.2, -0.15) is 0 Å². The molecule has 0 aliphatic rings. The highest BCUT2D eigenvalue weighted by atomic mass is 35.5. The van der Waals surface area contributed by atoms with Crippen molar-refractivity contribution in [2.75, 3.05) is 25.1 Å². The van der Waals surface area contributed by atoms with Gasteiger partial charge >= 0.3 is 0 Å². The normalized spacial score (nSPS) is 10.3. The number of benzene rings is 2. The maximum atomic E-state index is 13.2. The Hall–Kier alpha value is -2.05. The van der Waals surface area contributed by atoms with Crippen molar-refractivity contribution >= 4 is 34.6 Å². The first kappa shape index (κ1) is 20.3. The SMILES string of the molecule is CCOc1ccc(CCNC(=S)Nc2ccc(F)c(Cl)c2)cc1OCC. The molecule has 0 bridgehead atoms. The fraction of sp³-hybridized carbons (Fsp3) is 0.316. The molecule has 0 aliphatic heterocycles. The van der Waals surface area contributed by atoms with Crippen LogP contribution >= 0.6 is 23.8 Å². The largest absolute Gasteiger partial charge is 0.490 e. The van der Waals surface area contributed by atoms with Gasteiger partial charge < -0.3 is 20.1 Å². The zero-order valence-corrected chi connectivity index (χ0v) is 16.3. The first-order chi connectivity index (χ1) is 12.5. The molecule has 0 saturated heterocycles. The van der Waals surface area contributed by atoms with Crippen molar-refractivity contribution in [1.29, 1.82) is 0 Å². The maximum absolute atomic E-state index is 13.2. The summed E-state index contributed by atoms with van der Waals surface area (Å²) in [6.45, 7) is 5.69. The highest BCUT2D eigenvalue weighted by Crippen LogP contribution is 2.28. The van der Waals surface area contributed by atoms with Crippen molar-refractivity contribution in [2.24, 2.45) is 0 Å². The van der Waals surface area contributed by atoms with Gasteiger partial charge in [-0.25, -0.2) is 4.39 Å². The quantitative estimate of drug-likeness (QED) is 0.627. The Kier molecular flexibility index (Phi) is 7.94. The second-order valence-electron chi connectivity index (χ2n) is 5.41. The molecule has 0 fully saturated rings. The molecule has 2 N–H and O–H groups in total. The van der Waals surface area contributed by atoms with E-state index in [1.165, 1.54) is 12.1 Å². The van der Waals surface area contributed by atoms with Gasteiger partial charge in [-0.3, -0.25) is 0 Å². The molecule has 0 heterocycles. The lowest BCUT2D eigenvalue weighted by atomic mass is 10.1. The molecule has 0 radical (unpaired) electrons. The Morgan fingerprint density at radius 1 is 1.08 bits per heavy atom. The second-order valence-corrected chi connectivity index (χ2v) is 6.22. The van der Waals surface area contributed by atoms with Crippen LogP contribution in [0.2, 0.25) is 5.02 Å². The number of nitrogens with one attached hydrogen (secondary N) is 2. The molecule has 26 heavy (non-hydrogen) atoms. The monoisotopic (exact) mass is 396 g/mol. The number of hydrogen-bond donors (Lipinski definition) is 2. The van der Waals surface area contributed by atoms with E-state index in [1.807, 2.05) is 32.0 Å². The average molecular weight is 397 g/mol. The van der Waals surface area contributed by atoms with Crippen molar-refractivity contribution in [3.05, 3.63) is 52.8 Å². The number of rotatable bonds is 8. The minimum atomic E-state index is -0.461. The van der Waals surface area contributed by atoms with E-state index in [1.54, 1.807) is 6.07 Å². The van der Waals surface area contributed by atoms with Crippen LogP contribution in [0.4, 0.5) is 10.1 Å². The highest BCUT2D eigenvalue weighted by Gasteiger charge is 2.07. The predicted octanol–water partition coefficient (Wildman–Crippen LogP) is 4.81. The molecule has 0 saturated carbocycles. The third-order valence-electron chi connectivity index (χ3n) is 3.48. The summed E-state index contributed by atoms with van der Waals surface area (Å²) < 4.78 is 24.4. The number of anilines is 1. The summed E-state index contributed by atoms with van der Waals surface area (Å²) in [5.41, 5.74) is 1.74. The molecule has 0 unspecified atom stereocenters. The van der Waals surface area contributed by atoms with E-state index in [2.05, 4.69) is 10.6 Å². The number of halogens is 2. The van der Waals surface area contributed by atoms with Crippen molar-refractivity contribution in [2.45, 2.75) is 20.3 Å². The molecule has 2 aromatic carbocycles. The van der Waals surface area contributed by atoms with Crippen LogP contribution in [0, 0.1) is 5.82 Å². The first-order valence-electron chi connectivity index (χ1n) is 8.42. The predicted molar refractivity (Wildman–Crippen MR) is 108 cm³/mol. The maximum Gasteiger partial charge on any atom is 0.170 e. The van der Waals surface area contributed by atoms with Crippen LogP contribution in [0.5, 0.6) is 11.5 Å². The molecular weight excluding hydrogens is 375 g/mol. The fourth-order valence-electron chi connectivity index (χ4n) is 2.32. The van der Waals surface area contributed by atoms with Crippen molar-refractivity contribution in [3.8, 4) is 11.5 Å². The van der Waals surface area contributed by atoms with E-state index in [-0.39, 0.29) is 5.02 Å². The topological polar surface area (TPSA) is 42.5 Å². The zero-order valence-electron chi connectivity index (χ0n) is 14.8. The lowest BCUT2D eigenvalue weighted by Gasteiger charge is -2.13. The van der Waals surface area contributed by atoms with Crippen molar-refractivity contribution in [1.82, 2.24) is 5.32 Å². The molecule has 2 rings (SSSR count). The third kappa shape index (κ3) is 6.04. The van der Waals surface area contributed by atoms with Gasteiger partial charge in [0.05, 0.1) is 18.2 Å². The Bertz CT molecular complexity index is 758. The van der Waals surface area contributed by atoms with Crippen LogP contribution in [0.1, 0.15) is 19.4 Å². The van der Waals surface area contributed by atoms with Crippen LogP contribution in [0.15, 0.2) is 36.4 Å². The molecular formula is C19H22ClFN2O2S. The molecule has 7 heteroatoms. The van der Waals surface area contributed by atoms with E-state index >= 15 is 0 Å². The summed E-state index contributed by atoms with van der Waals surface area (Å²) in [4.78, 5) is 0. The van der Waals surface area contributed by atoms with Gasteiger partial charge in [0.25, 0.3) is 0 Å². The van der Waals surface area contributed by atoms with Crippen molar-refractivity contribution in [3.63, 3.8) is 0 Å². The van der Waals surface area contributed by atoms with E-state index in [0.29, 0.717) is 30.6 Å². The summed E-state index contributed by atoms with van der Waals surface area (Å²) in [6.07, 6.45) is 0.762. The molecule has 0 amide bonds. The second kappa shape index (κ2) is 10.2. The molecule has 0 aromatic heterocycles. The van der Waals surface area contributed by atoms with Gasteiger partial charge in [0.2, 0.25) is 0 Å². The Balaban J connectivity index is 1.87. The van der Waals surface area contributed by atoms with E-state index in [0.717, 1.165) is 23.5 Å². The summed E-state index contributed by atoms with van der Waals surface area (Å²) >= 11 is 11.0. The first-order valence-corrected chi connectivity index (χ1v) is 9.20. The molecule has 2 aromatic rings. The molecule has 0 aliphatic carbocycles. The van der Waals surface area contributed by atoms with Gasteiger partial charge in [-0.05, 0) is 68.4 Å². The Labute approximate surface area is 163 Å². The van der Waals surface area contributed by atoms with Gasteiger partial charge in [0.15, 0.2) is 16.6 Å². The summed E-state index contributed by atoms with van der Waals surface area (Å²) in [5, 5.41) is 6.59. The molecule has 0 atom stereocenters. The van der Waals surface area contributed by atoms with Crippen LogP contribution in [-0.4, -0.2) is 24.9 Å². The highest BCUT2D eigenvalue weighted by molar-refractivity contribution is 7.80. The lowest BCUT2D eigenvalue weighted by molar-refractivity contribution is 0.287. The van der Waals surface area contributed by atoms with Crippen LogP contribution in [-0.2, 0) is 6.42 Å². The minimum Gasteiger partial charge on any atom is -0.490 e. The Morgan fingerprint density at radius 2 is 1.81 bits per heavy atom. The van der Waals surface area contributed by atoms with E-state index in [4.69, 9.17) is 33.3 Å². The summed E-state index contributed by atoms with van der Waals surface area (Å²) in [7, 11) is 0. The van der Waals surface area contributed by atoms with Crippen LogP contribution in [0.25, 0.3) is 0 Å². The number of ether oxygens (including phenoxy) is 2. The third-order valence-corrected chi connectivity index (χ3v) is 4.02. The average Bonchev–Trinajstić information content (AvgIpc) is 2.61. The van der Waals surface area contributed by atoms with Gasteiger partial charge in [-0.15, -0.1) is 0 Å². The zero-order chi connectivity index (χ0) is 18.9. The molecule has 140 valence electrons. The van der Waals surface area contributed by atoms with Crippen LogP contribution < -0.4 is 20.1 Å². The standard InChI is InChI=1S/C19H22ClFN2O2S/c1-3-24-17-8-5-13(11-18(17)25-4-2)9-10-22-19(26)23-14-6-7-16(21)15(20)12-14/h5-8,11-12H,3-4,9-10H2,1-2H3,(H2,22,23,26).